The fraction of sp³-hybridized carbons (Fsp3) is 1.00. The van der Waals surface area contributed by atoms with Crippen LogP contribution in [0.1, 0.15) is 53.4 Å². The highest BCUT2D eigenvalue weighted by atomic mass is 14.9. The molecule has 78 valence electrons. The second-order valence-electron chi connectivity index (χ2n) is 5.51. The number of nitrogens with one attached hydrogen (secondary N) is 1. The standard InChI is InChI=1S/C12H25N/c1-10(2)13-9-12(3,4)11-7-5-6-8-11/h10-11,13H,5-9H2,1-4H3. The summed E-state index contributed by atoms with van der Waals surface area (Å²) >= 11 is 0. The summed E-state index contributed by atoms with van der Waals surface area (Å²) in [4.78, 5) is 0. The van der Waals surface area contributed by atoms with Crippen LogP contribution in [0.15, 0.2) is 0 Å². The fourth-order valence-electron chi connectivity index (χ4n) is 2.32. The molecule has 0 unspecified atom stereocenters. The van der Waals surface area contributed by atoms with E-state index in [4.69, 9.17) is 0 Å². The average Bonchev–Trinajstić information content (AvgIpc) is 2.53. The van der Waals surface area contributed by atoms with Crippen LogP contribution in [0.5, 0.6) is 0 Å². The van der Waals surface area contributed by atoms with Crippen molar-refractivity contribution in [1.82, 2.24) is 5.32 Å². The molecule has 0 bridgehead atoms. The zero-order valence-corrected chi connectivity index (χ0v) is 9.69. The third kappa shape index (κ3) is 3.30. The highest BCUT2D eigenvalue weighted by molar-refractivity contribution is 4.84. The molecule has 0 aromatic heterocycles. The van der Waals surface area contributed by atoms with Crippen LogP contribution in [0.3, 0.4) is 0 Å². The summed E-state index contributed by atoms with van der Waals surface area (Å²) in [7, 11) is 0. The van der Waals surface area contributed by atoms with E-state index in [0.29, 0.717) is 11.5 Å². The van der Waals surface area contributed by atoms with Crippen LogP contribution < -0.4 is 5.32 Å². The van der Waals surface area contributed by atoms with E-state index in [-0.39, 0.29) is 0 Å². The maximum atomic E-state index is 3.56. The topological polar surface area (TPSA) is 12.0 Å². The van der Waals surface area contributed by atoms with Crippen molar-refractivity contribution < 1.29 is 0 Å². The molecule has 1 nitrogen and oxygen atoms in total. The van der Waals surface area contributed by atoms with Crippen LogP contribution in [-0.4, -0.2) is 12.6 Å². The molecule has 0 saturated heterocycles. The lowest BCUT2D eigenvalue weighted by Gasteiger charge is -2.32. The van der Waals surface area contributed by atoms with E-state index in [1.54, 1.807) is 0 Å². The number of rotatable bonds is 4. The average molecular weight is 183 g/mol. The van der Waals surface area contributed by atoms with Gasteiger partial charge in [-0.2, -0.15) is 0 Å². The minimum Gasteiger partial charge on any atom is -0.314 e. The van der Waals surface area contributed by atoms with E-state index in [2.05, 4.69) is 33.0 Å². The molecule has 0 aromatic rings. The largest absolute Gasteiger partial charge is 0.314 e. The van der Waals surface area contributed by atoms with Gasteiger partial charge in [0.05, 0.1) is 0 Å². The Kier molecular flexibility index (Phi) is 3.78. The van der Waals surface area contributed by atoms with Crippen molar-refractivity contribution in [2.24, 2.45) is 11.3 Å². The summed E-state index contributed by atoms with van der Waals surface area (Å²) in [5, 5.41) is 3.56. The van der Waals surface area contributed by atoms with Crippen LogP contribution in [0.4, 0.5) is 0 Å². The second kappa shape index (κ2) is 4.45. The molecular formula is C12H25N. The van der Waals surface area contributed by atoms with E-state index >= 15 is 0 Å². The summed E-state index contributed by atoms with van der Waals surface area (Å²) in [6.45, 7) is 10.5. The molecule has 0 amide bonds. The summed E-state index contributed by atoms with van der Waals surface area (Å²) < 4.78 is 0. The predicted molar refractivity (Wildman–Crippen MR) is 58.9 cm³/mol. The van der Waals surface area contributed by atoms with E-state index in [0.717, 1.165) is 5.92 Å². The Morgan fingerprint density at radius 2 is 1.77 bits per heavy atom. The first-order chi connectivity index (χ1) is 6.02. The van der Waals surface area contributed by atoms with Crippen molar-refractivity contribution in [1.29, 1.82) is 0 Å². The monoisotopic (exact) mass is 183 g/mol. The van der Waals surface area contributed by atoms with Crippen LogP contribution in [-0.2, 0) is 0 Å². The van der Waals surface area contributed by atoms with Gasteiger partial charge in [0, 0.05) is 12.6 Å². The van der Waals surface area contributed by atoms with Gasteiger partial charge in [-0.05, 0) is 24.2 Å². The molecule has 1 heteroatoms. The van der Waals surface area contributed by atoms with Crippen molar-refractivity contribution >= 4 is 0 Å². The normalized spacial score (nSPS) is 20.1. The van der Waals surface area contributed by atoms with Gasteiger partial charge in [0.1, 0.15) is 0 Å². The van der Waals surface area contributed by atoms with Crippen molar-refractivity contribution in [2.45, 2.75) is 59.4 Å². The van der Waals surface area contributed by atoms with Gasteiger partial charge in [-0.3, -0.25) is 0 Å². The minimum atomic E-state index is 0.501. The van der Waals surface area contributed by atoms with Gasteiger partial charge in [-0.1, -0.05) is 40.5 Å². The first-order valence-electron chi connectivity index (χ1n) is 5.76. The highest BCUT2D eigenvalue weighted by Gasteiger charge is 2.31. The summed E-state index contributed by atoms with van der Waals surface area (Å²) in [6, 6.07) is 0.626. The Morgan fingerprint density at radius 1 is 1.23 bits per heavy atom. The minimum absolute atomic E-state index is 0.501. The molecule has 0 spiro atoms. The van der Waals surface area contributed by atoms with Crippen molar-refractivity contribution in [3.8, 4) is 0 Å². The maximum absolute atomic E-state index is 3.56. The van der Waals surface area contributed by atoms with Gasteiger partial charge in [0.15, 0.2) is 0 Å². The molecule has 0 radical (unpaired) electrons. The summed E-state index contributed by atoms with van der Waals surface area (Å²) in [6.07, 6.45) is 5.81. The molecule has 1 aliphatic carbocycles. The van der Waals surface area contributed by atoms with Gasteiger partial charge >= 0.3 is 0 Å². The van der Waals surface area contributed by atoms with Gasteiger partial charge in [-0.25, -0.2) is 0 Å². The Bertz CT molecular complexity index is 143. The molecular weight excluding hydrogens is 158 g/mol. The molecule has 1 fully saturated rings. The third-order valence-electron chi connectivity index (χ3n) is 3.43. The molecule has 0 aliphatic heterocycles. The molecule has 13 heavy (non-hydrogen) atoms. The zero-order valence-electron chi connectivity index (χ0n) is 9.69. The van der Waals surface area contributed by atoms with E-state index in [1.165, 1.54) is 32.2 Å². The van der Waals surface area contributed by atoms with E-state index in [9.17, 15) is 0 Å². The van der Waals surface area contributed by atoms with Crippen LogP contribution in [0.2, 0.25) is 0 Å². The van der Waals surface area contributed by atoms with Crippen molar-refractivity contribution in [2.75, 3.05) is 6.54 Å². The van der Waals surface area contributed by atoms with Gasteiger partial charge in [0.25, 0.3) is 0 Å². The van der Waals surface area contributed by atoms with E-state index in [1.807, 2.05) is 0 Å². The maximum Gasteiger partial charge on any atom is 0.00106 e. The first-order valence-corrected chi connectivity index (χ1v) is 5.76. The van der Waals surface area contributed by atoms with Crippen molar-refractivity contribution in [3.05, 3.63) is 0 Å². The van der Waals surface area contributed by atoms with E-state index < -0.39 is 0 Å². The van der Waals surface area contributed by atoms with Gasteiger partial charge in [0.2, 0.25) is 0 Å². The smallest absolute Gasteiger partial charge is 0.00106 e. The highest BCUT2D eigenvalue weighted by Crippen LogP contribution is 2.38. The van der Waals surface area contributed by atoms with Crippen molar-refractivity contribution in [3.63, 3.8) is 0 Å². The lowest BCUT2D eigenvalue weighted by Crippen LogP contribution is -2.37. The second-order valence-corrected chi connectivity index (χ2v) is 5.51. The SMILES string of the molecule is CC(C)NCC(C)(C)C1CCCC1. The first kappa shape index (κ1) is 11.0. The third-order valence-corrected chi connectivity index (χ3v) is 3.43. The van der Waals surface area contributed by atoms with Gasteiger partial charge < -0.3 is 5.32 Å². The quantitative estimate of drug-likeness (QED) is 0.706. The summed E-state index contributed by atoms with van der Waals surface area (Å²) in [5.41, 5.74) is 0.501. The lowest BCUT2D eigenvalue weighted by molar-refractivity contribution is 0.203. The number of hydrogen-bond acceptors (Lipinski definition) is 1. The van der Waals surface area contributed by atoms with Gasteiger partial charge in [-0.15, -0.1) is 0 Å². The molecule has 1 saturated carbocycles. The fourth-order valence-corrected chi connectivity index (χ4v) is 2.32. The predicted octanol–water partition coefficient (Wildman–Crippen LogP) is 3.20. The molecule has 1 aliphatic rings. The Balaban J connectivity index is 2.35. The van der Waals surface area contributed by atoms with Crippen LogP contribution >= 0.6 is 0 Å². The van der Waals surface area contributed by atoms with Crippen LogP contribution in [0.25, 0.3) is 0 Å². The molecule has 0 aromatic carbocycles. The molecule has 0 atom stereocenters. The Labute approximate surface area is 83.3 Å². The number of hydrogen-bond donors (Lipinski definition) is 1. The molecule has 1 rings (SSSR count). The lowest BCUT2D eigenvalue weighted by atomic mass is 9.77. The molecule has 1 N–H and O–H groups in total. The Morgan fingerprint density at radius 3 is 2.23 bits per heavy atom. The Hall–Kier alpha value is -0.0400. The zero-order chi connectivity index (χ0) is 9.90. The molecule has 0 heterocycles. The summed E-state index contributed by atoms with van der Waals surface area (Å²) in [5.74, 6) is 0.957. The van der Waals surface area contributed by atoms with Crippen LogP contribution in [0, 0.1) is 11.3 Å².